The SMILES string of the molecule is C#C.C=CCCCc1ccccc1C(C/C=C\C)NCC(C)(C)NCC(=O)N1CCCC1C#N. The van der Waals surface area contributed by atoms with Crippen LogP contribution in [0.15, 0.2) is 49.1 Å². The second-order valence-corrected chi connectivity index (χ2v) is 9.23. The molecule has 0 spiro atoms. The van der Waals surface area contributed by atoms with Gasteiger partial charge in [-0.3, -0.25) is 4.79 Å². The Hall–Kier alpha value is -2.86. The summed E-state index contributed by atoms with van der Waals surface area (Å²) < 4.78 is 0. The Morgan fingerprint density at radius 1 is 1.38 bits per heavy atom. The van der Waals surface area contributed by atoms with Gasteiger partial charge in [-0.2, -0.15) is 5.26 Å². The van der Waals surface area contributed by atoms with Crippen LogP contribution >= 0.6 is 0 Å². The molecule has 2 unspecified atom stereocenters. The van der Waals surface area contributed by atoms with E-state index in [0.29, 0.717) is 6.54 Å². The molecular weight excluding hydrogens is 420 g/mol. The van der Waals surface area contributed by atoms with Crippen molar-refractivity contribution in [1.82, 2.24) is 15.5 Å². The van der Waals surface area contributed by atoms with Crippen LogP contribution < -0.4 is 10.6 Å². The summed E-state index contributed by atoms with van der Waals surface area (Å²) in [5.41, 5.74) is 2.47. The number of aryl methyl sites for hydroxylation is 1. The van der Waals surface area contributed by atoms with Crippen LogP contribution in [0.1, 0.15) is 70.0 Å². The van der Waals surface area contributed by atoms with E-state index < -0.39 is 0 Å². The third kappa shape index (κ3) is 9.56. The van der Waals surface area contributed by atoms with Crippen molar-refractivity contribution >= 4 is 5.91 Å². The number of benzene rings is 1. The Bertz CT molecular complexity index is 849. The van der Waals surface area contributed by atoms with E-state index in [2.05, 4.69) is 93.3 Å². The minimum absolute atomic E-state index is 0.0140. The van der Waals surface area contributed by atoms with Gasteiger partial charge in [-0.25, -0.2) is 0 Å². The molecule has 1 aliphatic rings. The average Bonchev–Trinajstić information content (AvgIpc) is 3.34. The number of carbonyl (C=O) groups is 1. The fraction of sp³-hybridized carbons (Fsp3) is 0.517. The number of hydrogen-bond donors (Lipinski definition) is 2. The molecule has 0 aromatic heterocycles. The quantitative estimate of drug-likeness (QED) is 0.248. The second kappa shape index (κ2) is 15.9. The monoisotopic (exact) mass is 462 g/mol. The molecule has 5 nitrogen and oxygen atoms in total. The van der Waals surface area contributed by atoms with Gasteiger partial charge >= 0.3 is 0 Å². The number of rotatable bonds is 13. The third-order valence-electron chi connectivity index (χ3n) is 6.12. The summed E-state index contributed by atoms with van der Waals surface area (Å²) in [6.45, 7) is 11.8. The van der Waals surface area contributed by atoms with Crippen molar-refractivity contribution in [3.8, 4) is 18.9 Å². The van der Waals surface area contributed by atoms with Crippen molar-refractivity contribution in [1.29, 1.82) is 5.26 Å². The standard InChI is InChI=1S/C27H40N4O.C2H2/c1-5-7-9-13-22-14-10-11-16-24(22)25(17-8-6-2)29-21-27(3,4)30-20-26(32)31-18-12-15-23(31)19-28;1-2/h5-6,8,10-11,14,16,23,25,29-30H,1,7,9,12-13,15,17-18,20-21H2,2-4H3;1-2H/b8-6-;. The molecule has 2 N–H and O–H groups in total. The lowest BCUT2D eigenvalue weighted by Gasteiger charge is -2.31. The Kier molecular flexibility index (Phi) is 13.6. The first-order valence-corrected chi connectivity index (χ1v) is 12.2. The molecule has 34 heavy (non-hydrogen) atoms. The first kappa shape index (κ1) is 29.2. The van der Waals surface area contributed by atoms with Gasteiger partial charge in [0.25, 0.3) is 0 Å². The predicted molar refractivity (Wildman–Crippen MR) is 142 cm³/mol. The van der Waals surface area contributed by atoms with Gasteiger partial charge in [-0.1, -0.05) is 42.5 Å². The highest BCUT2D eigenvalue weighted by atomic mass is 16.2. The van der Waals surface area contributed by atoms with Crippen LogP contribution in [-0.4, -0.2) is 42.0 Å². The van der Waals surface area contributed by atoms with Gasteiger partial charge in [-0.15, -0.1) is 19.4 Å². The molecule has 1 aromatic rings. The maximum atomic E-state index is 12.6. The summed E-state index contributed by atoms with van der Waals surface area (Å²) in [6.07, 6.45) is 20.1. The van der Waals surface area contributed by atoms with Crippen molar-refractivity contribution in [3.63, 3.8) is 0 Å². The van der Waals surface area contributed by atoms with Crippen molar-refractivity contribution in [2.24, 2.45) is 0 Å². The summed E-state index contributed by atoms with van der Waals surface area (Å²) >= 11 is 0. The first-order chi connectivity index (χ1) is 16.4. The van der Waals surface area contributed by atoms with Crippen LogP contribution in [0.5, 0.6) is 0 Å². The molecule has 2 atom stereocenters. The van der Waals surface area contributed by atoms with E-state index in [0.717, 1.165) is 45.1 Å². The number of terminal acetylenes is 1. The Morgan fingerprint density at radius 3 is 2.79 bits per heavy atom. The van der Waals surface area contributed by atoms with Crippen LogP contribution in [0, 0.1) is 24.2 Å². The van der Waals surface area contributed by atoms with Crippen molar-refractivity contribution < 1.29 is 4.79 Å². The number of unbranched alkanes of at least 4 members (excludes halogenated alkanes) is 1. The van der Waals surface area contributed by atoms with E-state index >= 15 is 0 Å². The molecule has 1 saturated heterocycles. The minimum atomic E-state index is -0.270. The van der Waals surface area contributed by atoms with Gasteiger partial charge in [0.2, 0.25) is 5.91 Å². The van der Waals surface area contributed by atoms with E-state index in [4.69, 9.17) is 0 Å². The molecule has 1 aromatic carbocycles. The maximum Gasteiger partial charge on any atom is 0.237 e. The van der Waals surface area contributed by atoms with Crippen molar-refractivity contribution in [2.45, 2.75) is 76.9 Å². The summed E-state index contributed by atoms with van der Waals surface area (Å²) in [4.78, 5) is 14.3. The molecular formula is C29H42N4O. The number of amides is 1. The Balaban J connectivity index is 0.00000281. The summed E-state index contributed by atoms with van der Waals surface area (Å²) in [5, 5.41) is 16.4. The van der Waals surface area contributed by atoms with Gasteiger partial charge in [0.05, 0.1) is 12.6 Å². The summed E-state index contributed by atoms with van der Waals surface area (Å²) in [5.74, 6) is 0.0140. The fourth-order valence-corrected chi connectivity index (χ4v) is 4.19. The van der Waals surface area contributed by atoms with Gasteiger partial charge in [0, 0.05) is 24.7 Å². The molecule has 5 heteroatoms. The van der Waals surface area contributed by atoms with Gasteiger partial charge in [0.15, 0.2) is 0 Å². The highest BCUT2D eigenvalue weighted by molar-refractivity contribution is 5.79. The largest absolute Gasteiger partial charge is 0.326 e. The summed E-state index contributed by atoms with van der Waals surface area (Å²) in [6, 6.07) is 10.9. The summed E-state index contributed by atoms with van der Waals surface area (Å²) in [7, 11) is 0. The second-order valence-electron chi connectivity index (χ2n) is 9.23. The van der Waals surface area contributed by atoms with Crippen LogP contribution in [0.4, 0.5) is 0 Å². The van der Waals surface area contributed by atoms with E-state index in [1.54, 1.807) is 4.90 Å². The Morgan fingerprint density at radius 2 is 2.12 bits per heavy atom. The average molecular weight is 463 g/mol. The number of carbonyl (C=O) groups excluding carboxylic acids is 1. The number of likely N-dealkylation sites (tertiary alicyclic amines) is 1. The topological polar surface area (TPSA) is 68.2 Å². The van der Waals surface area contributed by atoms with Crippen LogP contribution in [0.25, 0.3) is 0 Å². The van der Waals surface area contributed by atoms with E-state index in [1.165, 1.54) is 11.1 Å². The van der Waals surface area contributed by atoms with Crippen LogP contribution in [0.2, 0.25) is 0 Å². The zero-order chi connectivity index (χ0) is 25.4. The predicted octanol–water partition coefficient (Wildman–Crippen LogP) is 4.92. The highest BCUT2D eigenvalue weighted by Crippen LogP contribution is 2.24. The van der Waals surface area contributed by atoms with Crippen LogP contribution in [0.3, 0.4) is 0 Å². The third-order valence-corrected chi connectivity index (χ3v) is 6.12. The number of hydrogen-bond acceptors (Lipinski definition) is 4. The highest BCUT2D eigenvalue weighted by Gasteiger charge is 2.29. The molecule has 0 aliphatic carbocycles. The van der Waals surface area contributed by atoms with E-state index in [1.807, 2.05) is 6.08 Å². The number of nitrogens with zero attached hydrogens (tertiary/aromatic N) is 2. The maximum absolute atomic E-state index is 12.6. The zero-order valence-electron chi connectivity index (χ0n) is 21.2. The van der Waals surface area contributed by atoms with Gasteiger partial charge in [-0.05, 0) is 70.4 Å². The zero-order valence-corrected chi connectivity index (χ0v) is 21.2. The fourth-order valence-electron chi connectivity index (χ4n) is 4.19. The van der Waals surface area contributed by atoms with Crippen molar-refractivity contribution in [2.75, 3.05) is 19.6 Å². The molecule has 184 valence electrons. The van der Waals surface area contributed by atoms with Crippen molar-refractivity contribution in [3.05, 3.63) is 60.2 Å². The van der Waals surface area contributed by atoms with Gasteiger partial charge in [0.1, 0.15) is 6.04 Å². The molecule has 0 saturated carbocycles. The number of nitriles is 1. The first-order valence-electron chi connectivity index (χ1n) is 12.2. The number of allylic oxidation sites excluding steroid dienone is 2. The molecule has 0 bridgehead atoms. The number of nitrogens with one attached hydrogen (secondary N) is 2. The lowest BCUT2D eigenvalue weighted by molar-refractivity contribution is -0.130. The van der Waals surface area contributed by atoms with Crippen LogP contribution in [-0.2, 0) is 11.2 Å². The Labute approximate surface area is 207 Å². The molecule has 1 heterocycles. The molecule has 2 rings (SSSR count). The lowest BCUT2D eigenvalue weighted by atomic mass is 9.93. The van der Waals surface area contributed by atoms with Gasteiger partial charge < -0.3 is 15.5 Å². The molecule has 1 fully saturated rings. The van der Waals surface area contributed by atoms with E-state index in [9.17, 15) is 10.1 Å². The normalized spacial score (nSPS) is 16.5. The smallest absolute Gasteiger partial charge is 0.237 e. The molecule has 1 aliphatic heterocycles. The molecule has 0 radical (unpaired) electrons. The molecule has 1 amide bonds. The lowest BCUT2D eigenvalue weighted by Crippen LogP contribution is -2.52. The van der Waals surface area contributed by atoms with E-state index in [-0.39, 0.29) is 30.1 Å². The minimum Gasteiger partial charge on any atom is -0.326 e.